The van der Waals surface area contributed by atoms with Crippen molar-refractivity contribution in [2.75, 3.05) is 0 Å². The van der Waals surface area contributed by atoms with Gasteiger partial charge in [0.25, 0.3) is 0 Å². The number of nitrogens with zero attached hydrogens (tertiary/aromatic N) is 3. The van der Waals surface area contributed by atoms with Crippen LogP contribution in [0.2, 0.25) is 0 Å². The molecule has 2 N–H and O–H groups in total. The summed E-state index contributed by atoms with van der Waals surface area (Å²) >= 11 is 1.90. The van der Waals surface area contributed by atoms with Crippen LogP contribution in [0.3, 0.4) is 0 Å². The normalized spacial score (nSPS) is 16.2. The molecule has 0 spiro atoms. The molecule has 3 aromatic rings. The largest absolute Gasteiger partial charge is 0.351 e. The number of rotatable bonds is 6. The van der Waals surface area contributed by atoms with Crippen LogP contribution >= 0.6 is 11.8 Å². The van der Waals surface area contributed by atoms with Crippen molar-refractivity contribution in [1.29, 1.82) is 0 Å². The average Bonchev–Trinajstić information content (AvgIpc) is 3.25. The maximum Gasteiger partial charge on any atom is 0.227 e. The van der Waals surface area contributed by atoms with E-state index in [1.807, 2.05) is 36.9 Å². The molecular weight excluding hydrogens is 418 g/mol. The van der Waals surface area contributed by atoms with E-state index in [1.165, 1.54) is 32.1 Å². The van der Waals surface area contributed by atoms with Gasteiger partial charge >= 0.3 is 0 Å². The van der Waals surface area contributed by atoms with Crippen molar-refractivity contribution >= 4 is 28.7 Å². The minimum Gasteiger partial charge on any atom is -0.351 e. The lowest BCUT2D eigenvalue weighted by Crippen LogP contribution is -2.28. The molecule has 7 heteroatoms. The molecule has 1 fully saturated rings. The molecule has 0 bridgehead atoms. The van der Waals surface area contributed by atoms with Crippen molar-refractivity contribution in [3.05, 3.63) is 47.2 Å². The molecule has 32 heavy (non-hydrogen) atoms. The molecule has 0 radical (unpaired) electrons. The lowest BCUT2D eigenvalue weighted by atomic mass is 9.91. The van der Waals surface area contributed by atoms with Gasteiger partial charge in [-0.05, 0) is 43.5 Å². The van der Waals surface area contributed by atoms with E-state index in [0.29, 0.717) is 11.8 Å². The van der Waals surface area contributed by atoms with Crippen LogP contribution in [0.4, 0.5) is 0 Å². The lowest BCUT2D eigenvalue weighted by Gasteiger charge is -2.24. The first-order valence-electron chi connectivity index (χ1n) is 11.6. The highest BCUT2D eigenvalue weighted by Gasteiger charge is 2.22. The molecule has 1 atom stereocenters. The van der Waals surface area contributed by atoms with Crippen LogP contribution in [-0.4, -0.2) is 31.6 Å². The van der Waals surface area contributed by atoms with Crippen molar-refractivity contribution in [2.45, 2.75) is 88.0 Å². The molecule has 2 heterocycles. The van der Waals surface area contributed by atoms with Gasteiger partial charge in [-0.3, -0.25) is 4.79 Å². The fraction of sp³-hybridized carbons (Fsp3) is 0.520. The number of H-pyrrole nitrogens is 1. The molecule has 6 nitrogen and oxygen atoms in total. The standard InChI is InChI=1S/C25H33N5OS/c1-16(17-10-12-20-21(14-17)29-30-28-20)23(31)26-15-18-11-13-22(25(2,3)4)27-24(18)32-19-8-6-5-7-9-19/h10-14,16,19H,5-9,15H2,1-4H3,(H,26,31)(H,28,29,30). The lowest BCUT2D eigenvalue weighted by molar-refractivity contribution is -0.122. The summed E-state index contributed by atoms with van der Waals surface area (Å²) in [6.45, 7) is 8.99. The molecule has 170 valence electrons. The summed E-state index contributed by atoms with van der Waals surface area (Å²) in [6, 6.07) is 10.0. The van der Waals surface area contributed by atoms with Gasteiger partial charge in [0.1, 0.15) is 16.1 Å². The minimum atomic E-state index is -0.271. The van der Waals surface area contributed by atoms with Crippen LogP contribution in [0.25, 0.3) is 11.0 Å². The predicted octanol–water partition coefficient (Wildman–Crippen LogP) is 5.50. The second-order valence-corrected chi connectivity index (χ2v) is 11.1. The van der Waals surface area contributed by atoms with Crippen molar-refractivity contribution in [3.8, 4) is 0 Å². The molecule has 1 aliphatic rings. The van der Waals surface area contributed by atoms with E-state index in [9.17, 15) is 4.79 Å². The first-order valence-corrected chi connectivity index (χ1v) is 12.4. The molecular formula is C25H33N5OS. The topological polar surface area (TPSA) is 83.6 Å². The number of pyridine rings is 1. The summed E-state index contributed by atoms with van der Waals surface area (Å²) in [4.78, 5) is 18.0. The van der Waals surface area contributed by atoms with E-state index in [2.05, 4.69) is 53.6 Å². The van der Waals surface area contributed by atoms with Gasteiger partial charge in [0, 0.05) is 28.5 Å². The van der Waals surface area contributed by atoms with Gasteiger partial charge in [-0.25, -0.2) is 4.98 Å². The quantitative estimate of drug-likeness (QED) is 0.517. The number of hydrogen-bond donors (Lipinski definition) is 2. The number of hydrogen-bond acceptors (Lipinski definition) is 5. The Bertz CT molecular complexity index is 1080. The van der Waals surface area contributed by atoms with E-state index in [-0.39, 0.29) is 17.2 Å². The Morgan fingerprint density at radius 2 is 1.88 bits per heavy atom. The van der Waals surface area contributed by atoms with Crippen LogP contribution in [0.1, 0.15) is 82.5 Å². The number of nitrogens with one attached hydrogen (secondary N) is 2. The number of aromatic amines is 1. The minimum absolute atomic E-state index is 0.00126. The fourth-order valence-corrected chi connectivity index (χ4v) is 5.41. The maximum absolute atomic E-state index is 12.9. The van der Waals surface area contributed by atoms with Gasteiger partial charge in [-0.2, -0.15) is 15.4 Å². The fourth-order valence-electron chi connectivity index (χ4n) is 4.08. The third kappa shape index (κ3) is 5.31. The molecule has 2 aromatic heterocycles. The number of aromatic nitrogens is 4. The Morgan fingerprint density at radius 3 is 2.62 bits per heavy atom. The van der Waals surface area contributed by atoms with Gasteiger partial charge in [-0.1, -0.05) is 52.2 Å². The molecule has 1 unspecified atom stereocenters. The molecule has 0 aliphatic heterocycles. The first kappa shape index (κ1) is 22.8. The van der Waals surface area contributed by atoms with Crippen LogP contribution in [0.15, 0.2) is 35.4 Å². The third-order valence-electron chi connectivity index (χ3n) is 6.22. The molecule has 0 saturated heterocycles. The predicted molar refractivity (Wildman–Crippen MR) is 130 cm³/mol. The number of carbonyl (C=O) groups excluding carboxylic acids is 1. The van der Waals surface area contributed by atoms with Crippen LogP contribution < -0.4 is 5.32 Å². The van der Waals surface area contributed by atoms with Crippen molar-refractivity contribution in [2.24, 2.45) is 0 Å². The second kappa shape index (κ2) is 9.61. The number of thioether (sulfide) groups is 1. The Balaban J connectivity index is 1.48. The zero-order chi connectivity index (χ0) is 22.7. The van der Waals surface area contributed by atoms with E-state index in [1.54, 1.807) is 0 Å². The van der Waals surface area contributed by atoms with E-state index < -0.39 is 0 Å². The van der Waals surface area contributed by atoms with Gasteiger partial charge in [-0.15, -0.1) is 11.8 Å². The zero-order valence-corrected chi connectivity index (χ0v) is 20.3. The van der Waals surface area contributed by atoms with Gasteiger partial charge in [0.2, 0.25) is 5.91 Å². The van der Waals surface area contributed by atoms with Crippen LogP contribution in [-0.2, 0) is 16.8 Å². The monoisotopic (exact) mass is 451 g/mol. The van der Waals surface area contributed by atoms with Crippen LogP contribution in [0.5, 0.6) is 0 Å². The molecule has 1 aliphatic carbocycles. The molecule has 4 rings (SSSR count). The number of benzene rings is 1. The summed E-state index contributed by atoms with van der Waals surface area (Å²) < 4.78 is 0. The van der Waals surface area contributed by atoms with Crippen molar-refractivity contribution in [3.63, 3.8) is 0 Å². The van der Waals surface area contributed by atoms with Crippen LogP contribution in [0, 0.1) is 0 Å². The Labute approximate surface area is 194 Å². The second-order valence-electron chi connectivity index (χ2n) is 9.80. The highest BCUT2D eigenvalue weighted by molar-refractivity contribution is 7.99. The summed E-state index contributed by atoms with van der Waals surface area (Å²) in [6.07, 6.45) is 6.44. The van der Waals surface area contributed by atoms with Crippen molar-refractivity contribution < 1.29 is 4.79 Å². The molecule has 1 saturated carbocycles. The number of amides is 1. The SMILES string of the molecule is CC(C(=O)NCc1ccc(C(C)(C)C)nc1SC1CCCCC1)c1ccc2n[nH]nc2c1. The maximum atomic E-state index is 12.9. The van der Waals surface area contributed by atoms with E-state index in [4.69, 9.17) is 4.98 Å². The molecule has 1 aromatic carbocycles. The van der Waals surface area contributed by atoms with Gasteiger partial charge < -0.3 is 5.32 Å². The van der Waals surface area contributed by atoms with Gasteiger partial charge in [0.05, 0.1) is 5.92 Å². The summed E-state index contributed by atoms with van der Waals surface area (Å²) in [5.74, 6) is -0.270. The zero-order valence-electron chi connectivity index (χ0n) is 19.4. The Hall–Kier alpha value is -2.41. The third-order valence-corrected chi connectivity index (χ3v) is 7.61. The summed E-state index contributed by atoms with van der Waals surface area (Å²) in [5.41, 5.74) is 4.70. The highest BCUT2D eigenvalue weighted by Crippen LogP contribution is 2.35. The van der Waals surface area contributed by atoms with Crippen molar-refractivity contribution in [1.82, 2.24) is 25.7 Å². The first-order chi connectivity index (χ1) is 15.3. The van der Waals surface area contributed by atoms with E-state index >= 15 is 0 Å². The molecule has 1 amide bonds. The summed E-state index contributed by atoms with van der Waals surface area (Å²) in [5, 5.41) is 15.7. The number of fused-ring (bicyclic) bond motifs is 1. The van der Waals surface area contributed by atoms with E-state index in [0.717, 1.165) is 32.9 Å². The Morgan fingerprint density at radius 1 is 1.12 bits per heavy atom. The Kier molecular flexibility index (Phi) is 6.84. The highest BCUT2D eigenvalue weighted by atomic mass is 32.2. The smallest absolute Gasteiger partial charge is 0.227 e. The average molecular weight is 452 g/mol. The number of carbonyl (C=O) groups is 1. The summed E-state index contributed by atoms with van der Waals surface area (Å²) in [7, 11) is 0. The van der Waals surface area contributed by atoms with Gasteiger partial charge in [0.15, 0.2) is 0 Å².